The Kier molecular flexibility index (Phi) is 3.49. The quantitative estimate of drug-likeness (QED) is 0.355. The Bertz CT molecular complexity index is 439. The van der Waals surface area contributed by atoms with E-state index in [-0.39, 0.29) is 17.0 Å². The van der Waals surface area contributed by atoms with E-state index in [1.54, 1.807) is 0 Å². The molecule has 0 aliphatic heterocycles. The van der Waals surface area contributed by atoms with Crippen molar-refractivity contribution in [2.24, 2.45) is 5.16 Å². The van der Waals surface area contributed by atoms with Crippen LogP contribution < -0.4 is 0 Å². The number of rotatable bonds is 4. The lowest BCUT2D eigenvalue weighted by Crippen LogP contribution is -2.15. The molecular formula is C8H7N3O5. The Labute approximate surface area is 89.1 Å². The van der Waals surface area contributed by atoms with E-state index in [0.717, 1.165) is 0 Å². The number of oxime groups is 1. The van der Waals surface area contributed by atoms with E-state index >= 15 is 0 Å². The Morgan fingerprint density at radius 2 is 1.81 bits per heavy atom. The molecule has 16 heavy (non-hydrogen) atoms. The van der Waals surface area contributed by atoms with Crippen LogP contribution >= 0.6 is 0 Å². The molecule has 8 nitrogen and oxygen atoms in total. The van der Waals surface area contributed by atoms with Gasteiger partial charge in [0, 0.05) is 22.6 Å². The molecule has 84 valence electrons. The van der Waals surface area contributed by atoms with Crippen LogP contribution in [-0.4, -0.2) is 27.3 Å². The highest BCUT2D eigenvalue weighted by atomic mass is 16.6. The Morgan fingerprint density at radius 1 is 1.25 bits per heavy atom. The van der Waals surface area contributed by atoms with Crippen LogP contribution in [0.15, 0.2) is 29.4 Å². The molecule has 0 radical (unpaired) electrons. The molecule has 0 saturated carbocycles. The third kappa shape index (κ3) is 2.74. The van der Waals surface area contributed by atoms with Gasteiger partial charge in [0.25, 0.3) is 5.69 Å². The van der Waals surface area contributed by atoms with Crippen LogP contribution in [-0.2, 0) is 0 Å². The number of nitrogens with zero attached hydrogens (tertiary/aromatic N) is 3. The monoisotopic (exact) mass is 225 g/mol. The maximum absolute atomic E-state index is 10.3. The minimum atomic E-state index is -0.656. The Balaban J connectivity index is 2.96. The van der Waals surface area contributed by atoms with Crippen molar-refractivity contribution in [2.75, 3.05) is 6.54 Å². The molecular weight excluding hydrogens is 218 g/mol. The first-order valence-corrected chi connectivity index (χ1v) is 4.12. The van der Waals surface area contributed by atoms with Crippen molar-refractivity contribution < 1.29 is 15.1 Å². The third-order valence-corrected chi connectivity index (χ3v) is 1.81. The van der Waals surface area contributed by atoms with Gasteiger partial charge in [-0.05, 0) is 12.1 Å². The zero-order valence-electron chi connectivity index (χ0n) is 7.94. The van der Waals surface area contributed by atoms with Crippen molar-refractivity contribution in [3.8, 4) is 0 Å². The van der Waals surface area contributed by atoms with E-state index in [2.05, 4.69) is 5.16 Å². The molecule has 8 heteroatoms. The van der Waals surface area contributed by atoms with Gasteiger partial charge in [0.2, 0.25) is 6.54 Å². The lowest BCUT2D eigenvalue weighted by molar-refractivity contribution is -0.463. The van der Waals surface area contributed by atoms with E-state index in [1.165, 1.54) is 24.3 Å². The van der Waals surface area contributed by atoms with Crippen LogP contribution in [0.25, 0.3) is 0 Å². The van der Waals surface area contributed by atoms with Gasteiger partial charge in [0.15, 0.2) is 5.71 Å². The summed E-state index contributed by atoms with van der Waals surface area (Å²) >= 11 is 0. The van der Waals surface area contributed by atoms with Gasteiger partial charge in [0.05, 0.1) is 4.92 Å². The molecule has 0 aromatic heterocycles. The minimum absolute atomic E-state index is 0.137. The van der Waals surface area contributed by atoms with Gasteiger partial charge < -0.3 is 5.21 Å². The van der Waals surface area contributed by atoms with E-state index in [4.69, 9.17) is 5.21 Å². The average molecular weight is 225 g/mol. The predicted molar refractivity (Wildman–Crippen MR) is 53.3 cm³/mol. The lowest BCUT2D eigenvalue weighted by atomic mass is 10.1. The molecule has 0 aliphatic carbocycles. The maximum Gasteiger partial charge on any atom is 0.269 e. The lowest BCUT2D eigenvalue weighted by Gasteiger charge is -1.99. The van der Waals surface area contributed by atoms with Crippen LogP contribution in [0.1, 0.15) is 5.56 Å². The Hall–Kier alpha value is -2.51. The van der Waals surface area contributed by atoms with E-state index < -0.39 is 16.4 Å². The second-order valence-corrected chi connectivity index (χ2v) is 2.84. The summed E-state index contributed by atoms with van der Waals surface area (Å²) in [5.74, 6) is 0. The maximum atomic E-state index is 10.3. The minimum Gasteiger partial charge on any atom is -0.410 e. The molecule has 0 saturated heterocycles. The smallest absolute Gasteiger partial charge is 0.269 e. The topological polar surface area (TPSA) is 119 Å². The van der Waals surface area contributed by atoms with Crippen molar-refractivity contribution >= 4 is 11.4 Å². The predicted octanol–water partition coefficient (Wildman–Crippen LogP) is 1.05. The molecule has 0 unspecified atom stereocenters. The van der Waals surface area contributed by atoms with Crippen molar-refractivity contribution in [3.63, 3.8) is 0 Å². The summed E-state index contributed by atoms with van der Waals surface area (Å²) in [5.41, 5.74) is -0.0214. The molecule has 1 aromatic carbocycles. The van der Waals surface area contributed by atoms with Crippen molar-refractivity contribution in [1.29, 1.82) is 0 Å². The second-order valence-electron chi connectivity index (χ2n) is 2.84. The van der Waals surface area contributed by atoms with Gasteiger partial charge in [-0.25, -0.2) is 0 Å². The molecule has 0 bridgehead atoms. The highest BCUT2D eigenvalue weighted by Gasteiger charge is 2.13. The molecule has 0 atom stereocenters. The summed E-state index contributed by atoms with van der Waals surface area (Å²) < 4.78 is 0. The number of non-ortho nitro benzene ring substituents is 1. The van der Waals surface area contributed by atoms with Gasteiger partial charge in [-0.15, -0.1) is 0 Å². The highest BCUT2D eigenvalue weighted by Crippen LogP contribution is 2.12. The molecule has 0 amide bonds. The summed E-state index contributed by atoms with van der Waals surface area (Å²) in [6.45, 7) is -0.645. The van der Waals surface area contributed by atoms with Crippen LogP contribution in [0.4, 0.5) is 5.69 Å². The van der Waals surface area contributed by atoms with Gasteiger partial charge in [-0.2, -0.15) is 0 Å². The van der Waals surface area contributed by atoms with Crippen LogP contribution in [0.5, 0.6) is 0 Å². The van der Waals surface area contributed by atoms with Crippen molar-refractivity contribution in [2.45, 2.75) is 0 Å². The normalized spacial score (nSPS) is 11.1. The molecule has 1 rings (SSSR count). The standard InChI is InChI=1S/C8H7N3O5/c12-9-8(5-10(13)14)6-1-3-7(4-2-6)11(15)16/h1-4,12H,5H2/b9-8+. The molecule has 0 fully saturated rings. The van der Waals surface area contributed by atoms with Crippen molar-refractivity contribution in [3.05, 3.63) is 50.1 Å². The number of hydrogen-bond donors (Lipinski definition) is 1. The summed E-state index contributed by atoms with van der Waals surface area (Å²) in [7, 11) is 0. The highest BCUT2D eigenvalue weighted by molar-refractivity contribution is 6.01. The molecule has 1 N–H and O–H groups in total. The summed E-state index contributed by atoms with van der Waals surface area (Å²) in [6.07, 6.45) is 0. The number of benzene rings is 1. The fourth-order valence-electron chi connectivity index (χ4n) is 1.08. The molecule has 0 aliphatic rings. The van der Waals surface area contributed by atoms with Gasteiger partial charge in [-0.3, -0.25) is 20.2 Å². The summed E-state index contributed by atoms with van der Waals surface area (Å²) in [5, 5.41) is 31.9. The van der Waals surface area contributed by atoms with E-state index in [0.29, 0.717) is 0 Å². The average Bonchev–Trinajstić information content (AvgIpc) is 2.25. The molecule has 0 spiro atoms. The van der Waals surface area contributed by atoms with E-state index in [1.807, 2.05) is 0 Å². The number of nitro groups is 2. The zero-order valence-corrected chi connectivity index (χ0v) is 7.94. The fourth-order valence-corrected chi connectivity index (χ4v) is 1.08. The SMILES string of the molecule is O=[N+]([O-])C/C(=N\O)c1ccc([N+](=O)[O-])cc1. The zero-order chi connectivity index (χ0) is 12.1. The molecule has 0 heterocycles. The Morgan fingerprint density at radius 3 is 2.19 bits per heavy atom. The fraction of sp³-hybridized carbons (Fsp3) is 0.125. The second kappa shape index (κ2) is 4.82. The third-order valence-electron chi connectivity index (χ3n) is 1.81. The van der Waals surface area contributed by atoms with Crippen LogP contribution in [0.3, 0.4) is 0 Å². The number of nitro benzene ring substituents is 1. The first-order valence-electron chi connectivity index (χ1n) is 4.12. The van der Waals surface area contributed by atoms with Crippen LogP contribution in [0.2, 0.25) is 0 Å². The number of hydrogen-bond acceptors (Lipinski definition) is 6. The first kappa shape index (κ1) is 11.6. The first-order chi connectivity index (χ1) is 7.54. The van der Waals surface area contributed by atoms with Gasteiger partial charge >= 0.3 is 0 Å². The summed E-state index contributed by atoms with van der Waals surface area (Å²) in [4.78, 5) is 19.3. The summed E-state index contributed by atoms with van der Waals surface area (Å²) in [6, 6.07) is 4.94. The van der Waals surface area contributed by atoms with Gasteiger partial charge in [-0.1, -0.05) is 5.16 Å². The van der Waals surface area contributed by atoms with E-state index in [9.17, 15) is 20.2 Å². The van der Waals surface area contributed by atoms with Gasteiger partial charge in [0.1, 0.15) is 0 Å². The molecule has 1 aromatic rings. The van der Waals surface area contributed by atoms with Crippen molar-refractivity contribution in [1.82, 2.24) is 0 Å². The largest absolute Gasteiger partial charge is 0.410 e. The van der Waals surface area contributed by atoms with Crippen LogP contribution in [0, 0.1) is 20.2 Å².